The van der Waals surface area contributed by atoms with Crippen LogP contribution in [0.4, 0.5) is 0 Å². The summed E-state index contributed by atoms with van der Waals surface area (Å²) in [5, 5.41) is 3.15. The van der Waals surface area contributed by atoms with Crippen molar-refractivity contribution in [3.05, 3.63) is 59.5 Å². The third-order valence-corrected chi connectivity index (χ3v) is 6.37. The maximum Gasteiger partial charge on any atom is 0.289 e. The molecule has 0 aliphatic carbocycles. The fraction of sp³-hybridized carbons (Fsp3) is 0.458. The van der Waals surface area contributed by atoms with Crippen molar-refractivity contribution in [1.29, 1.82) is 0 Å². The largest absolute Gasteiger partial charge is 0.459 e. The minimum absolute atomic E-state index is 0.0598. The Hall–Kier alpha value is -3.09. The zero-order valence-corrected chi connectivity index (χ0v) is 17.9. The highest BCUT2D eigenvalue weighted by molar-refractivity contribution is 5.91. The lowest BCUT2D eigenvalue weighted by Gasteiger charge is -2.35. The number of piperazine rings is 1. The van der Waals surface area contributed by atoms with Gasteiger partial charge < -0.3 is 19.5 Å². The van der Waals surface area contributed by atoms with Gasteiger partial charge in [0.2, 0.25) is 11.8 Å². The third kappa shape index (κ3) is 4.98. The lowest BCUT2D eigenvalue weighted by molar-refractivity contribution is -0.133. The van der Waals surface area contributed by atoms with Crippen LogP contribution in [0.2, 0.25) is 0 Å². The van der Waals surface area contributed by atoms with E-state index in [4.69, 9.17) is 4.42 Å². The molecule has 2 aliphatic heterocycles. The molecule has 7 heteroatoms. The minimum Gasteiger partial charge on any atom is -0.459 e. The van der Waals surface area contributed by atoms with Crippen molar-refractivity contribution in [2.24, 2.45) is 0 Å². The van der Waals surface area contributed by atoms with E-state index >= 15 is 0 Å². The second-order valence-corrected chi connectivity index (χ2v) is 8.64. The molecular weight excluding hydrogens is 394 g/mol. The number of carbonyl (C=O) groups is 3. The quantitative estimate of drug-likeness (QED) is 0.774. The predicted molar refractivity (Wildman–Crippen MR) is 115 cm³/mol. The molecule has 1 N–H and O–H groups in total. The molecule has 2 fully saturated rings. The first-order valence-corrected chi connectivity index (χ1v) is 10.9. The van der Waals surface area contributed by atoms with Gasteiger partial charge >= 0.3 is 0 Å². The number of aryl methyl sites for hydroxylation is 1. The Morgan fingerprint density at radius 3 is 2.39 bits per heavy atom. The van der Waals surface area contributed by atoms with Crippen LogP contribution < -0.4 is 5.32 Å². The van der Waals surface area contributed by atoms with Crippen molar-refractivity contribution < 1.29 is 18.8 Å². The molecule has 1 aromatic heterocycles. The highest BCUT2D eigenvalue weighted by Crippen LogP contribution is 2.30. The summed E-state index contributed by atoms with van der Waals surface area (Å²) in [5.74, 6) is 0.330. The van der Waals surface area contributed by atoms with Crippen LogP contribution in [0.25, 0.3) is 0 Å². The lowest BCUT2D eigenvalue weighted by Crippen LogP contribution is -2.51. The summed E-state index contributed by atoms with van der Waals surface area (Å²) in [6, 6.07) is 11.7. The van der Waals surface area contributed by atoms with Crippen LogP contribution in [0.5, 0.6) is 0 Å². The van der Waals surface area contributed by atoms with Gasteiger partial charge in [0.1, 0.15) is 0 Å². The van der Waals surface area contributed by atoms with Crippen molar-refractivity contribution in [3.8, 4) is 0 Å². The van der Waals surface area contributed by atoms with Crippen LogP contribution in [0.3, 0.4) is 0 Å². The standard InChI is InChI=1S/C24H29N3O4/c1-18-4-6-19(7-5-18)17-24(10-8-21(28)25-24)11-9-22(29)26-12-14-27(15-13-26)23(30)20-3-2-16-31-20/h2-7,16H,8-15,17H2,1H3,(H,25,28)/t24-/m1/s1. The van der Waals surface area contributed by atoms with Gasteiger partial charge in [0.15, 0.2) is 5.76 Å². The molecule has 1 aromatic carbocycles. The van der Waals surface area contributed by atoms with E-state index in [9.17, 15) is 14.4 Å². The summed E-state index contributed by atoms with van der Waals surface area (Å²) in [6.45, 7) is 4.08. The molecule has 0 bridgehead atoms. The Morgan fingerprint density at radius 1 is 1.06 bits per heavy atom. The number of amides is 3. The van der Waals surface area contributed by atoms with E-state index in [0.29, 0.717) is 51.2 Å². The molecule has 31 heavy (non-hydrogen) atoms. The summed E-state index contributed by atoms with van der Waals surface area (Å²) in [7, 11) is 0. The second kappa shape index (κ2) is 8.96. The van der Waals surface area contributed by atoms with Gasteiger partial charge in [0.25, 0.3) is 5.91 Å². The molecule has 164 valence electrons. The SMILES string of the molecule is Cc1ccc(C[C@]2(CCC(=O)N3CCN(C(=O)c4ccco4)CC3)CCC(=O)N2)cc1. The minimum atomic E-state index is -0.362. The average molecular weight is 424 g/mol. The van der Waals surface area contributed by atoms with Gasteiger partial charge in [0, 0.05) is 44.6 Å². The van der Waals surface area contributed by atoms with Crippen molar-refractivity contribution in [1.82, 2.24) is 15.1 Å². The maximum atomic E-state index is 12.9. The number of rotatable bonds is 6. The summed E-state index contributed by atoms with van der Waals surface area (Å²) in [6.07, 6.45) is 4.49. The second-order valence-electron chi connectivity index (χ2n) is 8.64. The molecule has 2 aromatic rings. The summed E-state index contributed by atoms with van der Waals surface area (Å²) >= 11 is 0. The molecule has 0 saturated carbocycles. The first-order valence-electron chi connectivity index (χ1n) is 10.9. The highest BCUT2D eigenvalue weighted by Gasteiger charge is 2.38. The molecule has 2 saturated heterocycles. The predicted octanol–water partition coefficient (Wildman–Crippen LogP) is 2.54. The van der Waals surface area contributed by atoms with Crippen molar-refractivity contribution in [3.63, 3.8) is 0 Å². The number of furan rings is 1. The van der Waals surface area contributed by atoms with E-state index in [0.717, 1.165) is 12.8 Å². The molecular formula is C24H29N3O4. The number of benzene rings is 1. The maximum absolute atomic E-state index is 12.9. The molecule has 0 unspecified atom stereocenters. The molecule has 2 aliphatic rings. The van der Waals surface area contributed by atoms with Crippen molar-refractivity contribution >= 4 is 17.7 Å². The van der Waals surface area contributed by atoms with E-state index in [2.05, 4.69) is 36.5 Å². The van der Waals surface area contributed by atoms with Crippen LogP contribution in [-0.2, 0) is 16.0 Å². The van der Waals surface area contributed by atoms with Gasteiger partial charge in [-0.15, -0.1) is 0 Å². The number of hydrogen-bond acceptors (Lipinski definition) is 4. The van der Waals surface area contributed by atoms with Gasteiger partial charge in [-0.3, -0.25) is 14.4 Å². The molecule has 7 nitrogen and oxygen atoms in total. The van der Waals surface area contributed by atoms with E-state index < -0.39 is 0 Å². The lowest BCUT2D eigenvalue weighted by atomic mass is 9.84. The summed E-state index contributed by atoms with van der Waals surface area (Å²) in [4.78, 5) is 40.8. The van der Waals surface area contributed by atoms with Gasteiger partial charge in [-0.2, -0.15) is 0 Å². The molecule has 3 heterocycles. The van der Waals surface area contributed by atoms with Crippen LogP contribution >= 0.6 is 0 Å². The number of nitrogens with zero attached hydrogens (tertiary/aromatic N) is 2. The fourth-order valence-corrected chi connectivity index (χ4v) is 4.50. The fourth-order valence-electron chi connectivity index (χ4n) is 4.50. The van der Waals surface area contributed by atoms with Crippen LogP contribution in [0.15, 0.2) is 47.1 Å². The van der Waals surface area contributed by atoms with Gasteiger partial charge in [0.05, 0.1) is 6.26 Å². The molecule has 0 spiro atoms. The molecule has 3 amide bonds. The summed E-state index contributed by atoms with van der Waals surface area (Å²) < 4.78 is 5.19. The van der Waals surface area contributed by atoms with Crippen LogP contribution in [-0.4, -0.2) is 59.2 Å². The average Bonchev–Trinajstić information content (AvgIpc) is 3.44. The van der Waals surface area contributed by atoms with Crippen LogP contribution in [0.1, 0.15) is 47.4 Å². The Morgan fingerprint density at radius 2 is 1.77 bits per heavy atom. The van der Waals surface area contributed by atoms with Gasteiger partial charge in [-0.1, -0.05) is 29.8 Å². The number of hydrogen-bond donors (Lipinski definition) is 1. The topological polar surface area (TPSA) is 82.9 Å². The first kappa shape index (κ1) is 21.2. The number of carbonyl (C=O) groups excluding carboxylic acids is 3. The van der Waals surface area contributed by atoms with Crippen molar-refractivity contribution in [2.75, 3.05) is 26.2 Å². The Bertz CT molecular complexity index is 930. The van der Waals surface area contributed by atoms with Crippen molar-refractivity contribution in [2.45, 2.75) is 44.6 Å². The monoisotopic (exact) mass is 423 g/mol. The van der Waals surface area contributed by atoms with Gasteiger partial charge in [-0.25, -0.2) is 0 Å². The first-order chi connectivity index (χ1) is 14.9. The van der Waals surface area contributed by atoms with Gasteiger partial charge in [-0.05, 0) is 43.9 Å². The zero-order valence-electron chi connectivity index (χ0n) is 17.9. The van der Waals surface area contributed by atoms with E-state index in [1.807, 2.05) is 4.90 Å². The summed E-state index contributed by atoms with van der Waals surface area (Å²) in [5.41, 5.74) is 2.01. The number of nitrogens with one attached hydrogen (secondary N) is 1. The Labute approximate surface area is 182 Å². The molecule has 1 atom stereocenters. The van der Waals surface area contributed by atoms with Crippen LogP contribution in [0, 0.1) is 6.92 Å². The smallest absolute Gasteiger partial charge is 0.289 e. The zero-order chi connectivity index (χ0) is 21.8. The molecule has 0 radical (unpaired) electrons. The Balaban J connectivity index is 1.32. The third-order valence-electron chi connectivity index (χ3n) is 6.37. The normalized spacial score (nSPS) is 21.3. The molecule has 4 rings (SSSR count). The highest BCUT2D eigenvalue weighted by atomic mass is 16.3. The Kier molecular flexibility index (Phi) is 6.11. The van der Waals surface area contributed by atoms with E-state index in [1.165, 1.54) is 17.4 Å². The van der Waals surface area contributed by atoms with E-state index in [-0.39, 0.29) is 23.3 Å². The van der Waals surface area contributed by atoms with E-state index in [1.54, 1.807) is 17.0 Å².